The smallest absolute Gasteiger partial charge is 0.164 e. The van der Waals surface area contributed by atoms with E-state index in [9.17, 15) is 0 Å². The van der Waals surface area contributed by atoms with E-state index in [0.717, 1.165) is 0 Å². The Bertz CT molecular complexity index is 215. The Morgan fingerprint density at radius 3 is 3.10 bits per heavy atom. The summed E-state index contributed by atoms with van der Waals surface area (Å²) >= 11 is 0. The molecule has 0 saturated heterocycles. The van der Waals surface area contributed by atoms with Gasteiger partial charge in [-0.1, -0.05) is 6.08 Å². The summed E-state index contributed by atoms with van der Waals surface area (Å²) in [6, 6.07) is 0. The molecule has 0 aromatic carbocycles. The Labute approximate surface area is 59.4 Å². The van der Waals surface area contributed by atoms with Gasteiger partial charge in [0.05, 0.1) is 13.1 Å². The molecule has 1 heterocycles. The quantitative estimate of drug-likeness (QED) is 0.594. The third-order valence-electron chi connectivity index (χ3n) is 1.08. The standard InChI is InChI=1S/C6H10N4/c1-2-3-10-5-8-6(4-7)9-10/h2,5H,1,3-4,7H2. The first-order chi connectivity index (χ1) is 4.86. The zero-order chi connectivity index (χ0) is 7.40. The lowest BCUT2D eigenvalue weighted by molar-refractivity contribution is 0.686. The summed E-state index contributed by atoms with van der Waals surface area (Å²) < 4.78 is 1.69. The normalized spacial score (nSPS) is 9.70. The van der Waals surface area contributed by atoms with Crippen molar-refractivity contribution >= 4 is 0 Å². The Balaban J connectivity index is 2.67. The Hall–Kier alpha value is -1.16. The SMILES string of the molecule is C=CCn1cnc(CN)n1. The topological polar surface area (TPSA) is 56.7 Å². The van der Waals surface area contributed by atoms with Crippen LogP contribution < -0.4 is 5.73 Å². The van der Waals surface area contributed by atoms with Crippen molar-refractivity contribution in [3.8, 4) is 0 Å². The van der Waals surface area contributed by atoms with E-state index in [1.54, 1.807) is 17.1 Å². The van der Waals surface area contributed by atoms with Crippen molar-refractivity contribution in [1.82, 2.24) is 14.8 Å². The van der Waals surface area contributed by atoms with Gasteiger partial charge in [-0.15, -0.1) is 6.58 Å². The monoisotopic (exact) mass is 138 g/mol. The highest BCUT2D eigenvalue weighted by Gasteiger charge is 1.93. The maximum absolute atomic E-state index is 5.30. The molecule has 2 N–H and O–H groups in total. The van der Waals surface area contributed by atoms with Crippen molar-refractivity contribution in [3.63, 3.8) is 0 Å². The lowest BCUT2D eigenvalue weighted by Gasteiger charge is -1.89. The van der Waals surface area contributed by atoms with Gasteiger partial charge in [0, 0.05) is 0 Å². The minimum atomic E-state index is 0.393. The Morgan fingerprint density at radius 1 is 1.80 bits per heavy atom. The fraction of sp³-hybridized carbons (Fsp3) is 0.333. The first-order valence-corrected chi connectivity index (χ1v) is 3.06. The van der Waals surface area contributed by atoms with E-state index >= 15 is 0 Å². The van der Waals surface area contributed by atoms with Crippen molar-refractivity contribution < 1.29 is 0 Å². The largest absolute Gasteiger partial charge is 0.324 e. The molecule has 0 spiro atoms. The van der Waals surface area contributed by atoms with Crippen molar-refractivity contribution in [2.45, 2.75) is 13.1 Å². The average molecular weight is 138 g/mol. The second-order valence-corrected chi connectivity index (χ2v) is 1.88. The maximum atomic E-state index is 5.30. The van der Waals surface area contributed by atoms with Crippen LogP contribution >= 0.6 is 0 Å². The van der Waals surface area contributed by atoms with Gasteiger partial charge in [0.15, 0.2) is 5.82 Å². The molecule has 0 atom stereocenters. The van der Waals surface area contributed by atoms with E-state index in [0.29, 0.717) is 18.9 Å². The summed E-state index contributed by atoms with van der Waals surface area (Å²) in [6.45, 7) is 4.65. The van der Waals surface area contributed by atoms with Gasteiger partial charge in [-0.25, -0.2) is 9.67 Å². The van der Waals surface area contributed by atoms with Gasteiger partial charge in [-0.2, -0.15) is 5.10 Å². The molecule has 0 fully saturated rings. The predicted octanol–water partition coefficient (Wildman–Crippen LogP) is -0.0772. The van der Waals surface area contributed by atoms with Crippen molar-refractivity contribution in [2.24, 2.45) is 5.73 Å². The molecule has 4 heteroatoms. The summed E-state index contributed by atoms with van der Waals surface area (Å²) in [5.74, 6) is 0.668. The van der Waals surface area contributed by atoms with E-state index in [1.807, 2.05) is 0 Å². The van der Waals surface area contributed by atoms with Gasteiger partial charge in [-0.3, -0.25) is 0 Å². The van der Waals surface area contributed by atoms with Crippen LogP contribution in [0.25, 0.3) is 0 Å². The minimum absolute atomic E-state index is 0.393. The van der Waals surface area contributed by atoms with Crippen LogP contribution in [0.15, 0.2) is 19.0 Å². The molecule has 0 bridgehead atoms. The Morgan fingerprint density at radius 2 is 2.60 bits per heavy atom. The Kier molecular flexibility index (Phi) is 2.17. The predicted molar refractivity (Wildman–Crippen MR) is 38.1 cm³/mol. The highest BCUT2D eigenvalue weighted by Crippen LogP contribution is 1.87. The molecule has 0 unspecified atom stereocenters. The minimum Gasteiger partial charge on any atom is -0.324 e. The van der Waals surface area contributed by atoms with Crippen LogP contribution in [0.4, 0.5) is 0 Å². The lowest BCUT2D eigenvalue weighted by Crippen LogP contribution is -2.01. The molecule has 10 heavy (non-hydrogen) atoms. The summed E-state index contributed by atoms with van der Waals surface area (Å²) in [5.41, 5.74) is 5.30. The molecule has 0 radical (unpaired) electrons. The van der Waals surface area contributed by atoms with Crippen molar-refractivity contribution in [1.29, 1.82) is 0 Å². The first kappa shape index (κ1) is 6.95. The summed E-state index contributed by atoms with van der Waals surface area (Å²) in [4.78, 5) is 3.93. The number of nitrogens with two attached hydrogens (primary N) is 1. The van der Waals surface area contributed by atoms with Crippen LogP contribution in [0.1, 0.15) is 5.82 Å². The summed E-state index contributed by atoms with van der Waals surface area (Å²) in [6.07, 6.45) is 3.40. The van der Waals surface area contributed by atoms with Gasteiger partial charge in [0.2, 0.25) is 0 Å². The third-order valence-corrected chi connectivity index (χ3v) is 1.08. The molecule has 1 aromatic heterocycles. The fourth-order valence-electron chi connectivity index (χ4n) is 0.647. The second-order valence-electron chi connectivity index (χ2n) is 1.88. The van der Waals surface area contributed by atoms with E-state index in [1.165, 1.54) is 0 Å². The second kappa shape index (κ2) is 3.12. The van der Waals surface area contributed by atoms with Crippen LogP contribution in [0.2, 0.25) is 0 Å². The maximum Gasteiger partial charge on any atom is 0.164 e. The number of rotatable bonds is 3. The van der Waals surface area contributed by atoms with Crippen LogP contribution in [-0.4, -0.2) is 14.8 Å². The third kappa shape index (κ3) is 1.41. The number of hydrogen-bond donors (Lipinski definition) is 1. The summed E-state index contributed by atoms with van der Waals surface area (Å²) in [5, 5.41) is 4.03. The molecule has 1 rings (SSSR count). The molecule has 1 aromatic rings. The van der Waals surface area contributed by atoms with Gasteiger partial charge in [0.25, 0.3) is 0 Å². The average Bonchev–Trinajstić information content (AvgIpc) is 2.37. The molecule has 54 valence electrons. The number of hydrogen-bond acceptors (Lipinski definition) is 3. The highest BCUT2D eigenvalue weighted by atomic mass is 15.3. The molecule has 0 saturated carbocycles. The van der Waals surface area contributed by atoms with E-state index < -0.39 is 0 Å². The van der Waals surface area contributed by atoms with Crippen LogP contribution in [0.5, 0.6) is 0 Å². The van der Waals surface area contributed by atoms with E-state index in [-0.39, 0.29) is 0 Å². The highest BCUT2D eigenvalue weighted by molar-refractivity contribution is 4.80. The molecule has 0 amide bonds. The van der Waals surface area contributed by atoms with Crippen LogP contribution in [0, 0.1) is 0 Å². The number of aromatic nitrogens is 3. The molecule has 4 nitrogen and oxygen atoms in total. The van der Waals surface area contributed by atoms with E-state index in [4.69, 9.17) is 5.73 Å². The van der Waals surface area contributed by atoms with Gasteiger partial charge in [0.1, 0.15) is 6.33 Å². The zero-order valence-electron chi connectivity index (χ0n) is 5.70. The van der Waals surface area contributed by atoms with E-state index in [2.05, 4.69) is 16.7 Å². The molecule has 0 aliphatic rings. The molecular weight excluding hydrogens is 128 g/mol. The van der Waals surface area contributed by atoms with Crippen molar-refractivity contribution in [3.05, 3.63) is 24.8 Å². The number of nitrogens with zero attached hydrogens (tertiary/aromatic N) is 3. The zero-order valence-corrected chi connectivity index (χ0v) is 5.70. The molecule has 0 aliphatic heterocycles. The molecular formula is C6H10N4. The fourth-order valence-corrected chi connectivity index (χ4v) is 0.647. The van der Waals surface area contributed by atoms with Gasteiger partial charge >= 0.3 is 0 Å². The van der Waals surface area contributed by atoms with Gasteiger partial charge < -0.3 is 5.73 Å². The number of allylic oxidation sites excluding steroid dienone is 1. The summed E-state index contributed by atoms with van der Waals surface area (Å²) in [7, 11) is 0. The van der Waals surface area contributed by atoms with Crippen LogP contribution in [-0.2, 0) is 13.1 Å². The molecule has 0 aliphatic carbocycles. The van der Waals surface area contributed by atoms with Gasteiger partial charge in [-0.05, 0) is 0 Å². The first-order valence-electron chi connectivity index (χ1n) is 3.06. The lowest BCUT2D eigenvalue weighted by atomic mass is 10.6. The van der Waals surface area contributed by atoms with Crippen LogP contribution in [0.3, 0.4) is 0 Å². The van der Waals surface area contributed by atoms with Crippen molar-refractivity contribution in [2.75, 3.05) is 0 Å².